The minimum absolute atomic E-state index is 0.0662. The largest absolute Gasteiger partial charge is 0.311 e. The van der Waals surface area contributed by atoms with Crippen molar-refractivity contribution < 1.29 is 4.79 Å². The third-order valence-electron chi connectivity index (χ3n) is 2.68. The lowest BCUT2D eigenvalue weighted by molar-refractivity contribution is -0.119. The van der Waals surface area contributed by atoms with Crippen LogP contribution in [0.1, 0.15) is 60.3 Å². The number of hydrogen-bond acceptors (Lipinski definition) is 2. The molecule has 15 heavy (non-hydrogen) atoms. The van der Waals surface area contributed by atoms with E-state index in [2.05, 4.69) is 19.2 Å². The van der Waals surface area contributed by atoms with Crippen molar-refractivity contribution in [1.29, 1.82) is 0 Å². The van der Waals surface area contributed by atoms with Crippen molar-refractivity contribution in [2.45, 2.75) is 66.3 Å². The second-order valence-corrected chi connectivity index (χ2v) is 3.75. The summed E-state index contributed by atoms with van der Waals surface area (Å²) in [7, 11) is 1.87. The molecule has 0 radical (unpaired) electrons. The van der Waals surface area contributed by atoms with Crippen LogP contribution in [0, 0.1) is 5.92 Å². The van der Waals surface area contributed by atoms with E-state index < -0.39 is 0 Å². The Kier molecular flexibility index (Phi) is 13.3. The van der Waals surface area contributed by atoms with Gasteiger partial charge in [0.15, 0.2) is 0 Å². The van der Waals surface area contributed by atoms with Gasteiger partial charge in [0.05, 0.1) is 6.04 Å². The van der Waals surface area contributed by atoms with Gasteiger partial charge in [-0.25, -0.2) is 0 Å². The SMILES string of the molecule is CC.CCCC(CC)CC(NC)C(C)=O. The Labute approximate surface area is 95.8 Å². The Morgan fingerprint density at radius 1 is 1.27 bits per heavy atom. The van der Waals surface area contributed by atoms with Gasteiger partial charge in [-0.2, -0.15) is 0 Å². The molecular weight excluding hydrogens is 186 g/mol. The highest BCUT2D eigenvalue weighted by Gasteiger charge is 2.16. The first-order valence-electron chi connectivity index (χ1n) is 6.33. The molecule has 0 aromatic rings. The molecule has 2 heteroatoms. The summed E-state index contributed by atoms with van der Waals surface area (Å²) < 4.78 is 0. The zero-order valence-electron chi connectivity index (χ0n) is 11.4. The molecule has 0 aliphatic carbocycles. The third-order valence-corrected chi connectivity index (χ3v) is 2.68. The van der Waals surface area contributed by atoms with Crippen molar-refractivity contribution in [3.05, 3.63) is 0 Å². The lowest BCUT2D eigenvalue weighted by Crippen LogP contribution is -2.34. The number of hydrogen-bond donors (Lipinski definition) is 1. The van der Waals surface area contributed by atoms with E-state index in [9.17, 15) is 4.79 Å². The molecule has 0 fully saturated rings. The quantitative estimate of drug-likeness (QED) is 0.705. The summed E-state index contributed by atoms with van der Waals surface area (Å²) >= 11 is 0. The van der Waals surface area contributed by atoms with Gasteiger partial charge in [0.25, 0.3) is 0 Å². The topological polar surface area (TPSA) is 29.1 Å². The van der Waals surface area contributed by atoms with E-state index in [0.29, 0.717) is 5.92 Å². The van der Waals surface area contributed by atoms with Crippen LogP contribution in [0.25, 0.3) is 0 Å². The Morgan fingerprint density at radius 3 is 2.07 bits per heavy atom. The number of nitrogens with one attached hydrogen (secondary N) is 1. The molecule has 0 heterocycles. The van der Waals surface area contributed by atoms with Crippen LogP contribution in [0.4, 0.5) is 0 Å². The molecule has 2 unspecified atom stereocenters. The number of likely N-dealkylation sites (N-methyl/N-ethyl adjacent to an activating group) is 1. The van der Waals surface area contributed by atoms with Crippen molar-refractivity contribution >= 4 is 5.78 Å². The number of carbonyl (C=O) groups is 1. The van der Waals surface area contributed by atoms with E-state index in [1.807, 2.05) is 20.9 Å². The fourth-order valence-corrected chi connectivity index (χ4v) is 1.72. The summed E-state index contributed by atoms with van der Waals surface area (Å²) in [4.78, 5) is 11.2. The van der Waals surface area contributed by atoms with Crippen molar-refractivity contribution in [3.8, 4) is 0 Å². The summed E-state index contributed by atoms with van der Waals surface area (Å²) in [6.07, 6.45) is 4.63. The first kappa shape index (κ1) is 17.0. The van der Waals surface area contributed by atoms with Crippen molar-refractivity contribution in [3.63, 3.8) is 0 Å². The maximum absolute atomic E-state index is 11.2. The molecule has 0 saturated heterocycles. The molecule has 0 aromatic heterocycles. The van der Waals surface area contributed by atoms with Gasteiger partial charge in [0.2, 0.25) is 0 Å². The highest BCUT2D eigenvalue weighted by atomic mass is 16.1. The first-order valence-corrected chi connectivity index (χ1v) is 6.33. The zero-order chi connectivity index (χ0) is 12.3. The van der Waals surface area contributed by atoms with Gasteiger partial charge in [-0.3, -0.25) is 4.79 Å². The summed E-state index contributed by atoms with van der Waals surface area (Å²) in [5.74, 6) is 0.961. The lowest BCUT2D eigenvalue weighted by Gasteiger charge is -2.19. The van der Waals surface area contributed by atoms with Crippen LogP contribution in [-0.4, -0.2) is 18.9 Å². The molecule has 0 saturated carbocycles. The van der Waals surface area contributed by atoms with Gasteiger partial charge in [0.1, 0.15) is 5.78 Å². The van der Waals surface area contributed by atoms with Crippen LogP contribution in [-0.2, 0) is 4.79 Å². The van der Waals surface area contributed by atoms with Gasteiger partial charge in [-0.05, 0) is 26.3 Å². The second-order valence-electron chi connectivity index (χ2n) is 3.75. The molecule has 2 atom stereocenters. The molecular formula is C13H29NO. The highest BCUT2D eigenvalue weighted by molar-refractivity contribution is 5.81. The second kappa shape index (κ2) is 11.7. The average molecular weight is 215 g/mol. The first-order chi connectivity index (χ1) is 7.15. The molecule has 0 aliphatic heterocycles. The fourth-order valence-electron chi connectivity index (χ4n) is 1.72. The van der Waals surface area contributed by atoms with Crippen molar-refractivity contribution in [2.24, 2.45) is 5.92 Å². The summed E-state index contributed by atoms with van der Waals surface area (Å²) in [6, 6.07) is 0.0662. The van der Waals surface area contributed by atoms with E-state index >= 15 is 0 Å². The van der Waals surface area contributed by atoms with Crippen molar-refractivity contribution in [2.75, 3.05) is 7.05 Å². The standard InChI is InChI=1S/C11H23NO.C2H6/c1-5-7-10(6-2)8-11(12-4)9(3)13;1-2/h10-12H,5-8H2,1-4H3;1-2H3. The van der Waals surface area contributed by atoms with Crippen LogP contribution in [0.15, 0.2) is 0 Å². The molecule has 0 spiro atoms. The highest BCUT2D eigenvalue weighted by Crippen LogP contribution is 2.17. The Balaban J connectivity index is 0. The molecule has 0 aromatic carbocycles. The maximum atomic E-state index is 11.2. The van der Waals surface area contributed by atoms with Crippen LogP contribution in [0.2, 0.25) is 0 Å². The molecule has 0 rings (SSSR count). The number of ketones is 1. The van der Waals surface area contributed by atoms with E-state index in [1.165, 1.54) is 19.3 Å². The van der Waals surface area contributed by atoms with Crippen LogP contribution >= 0.6 is 0 Å². The number of rotatable bonds is 7. The Hall–Kier alpha value is -0.370. The van der Waals surface area contributed by atoms with Gasteiger partial charge in [-0.1, -0.05) is 47.0 Å². The maximum Gasteiger partial charge on any atom is 0.146 e. The Morgan fingerprint density at radius 2 is 1.80 bits per heavy atom. The molecule has 0 bridgehead atoms. The van der Waals surface area contributed by atoms with Gasteiger partial charge < -0.3 is 5.32 Å². The lowest BCUT2D eigenvalue weighted by atomic mass is 9.91. The molecule has 92 valence electrons. The molecule has 2 nitrogen and oxygen atoms in total. The van der Waals surface area contributed by atoms with Crippen LogP contribution < -0.4 is 5.32 Å². The predicted molar refractivity (Wildman–Crippen MR) is 68.2 cm³/mol. The molecule has 0 aliphatic rings. The van der Waals surface area contributed by atoms with Gasteiger partial charge in [-0.15, -0.1) is 0 Å². The van der Waals surface area contributed by atoms with Crippen LogP contribution in [0.5, 0.6) is 0 Å². The van der Waals surface area contributed by atoms with Crippen LogP contribution in [0.3, 0.4) is 0 Å². The zero-order valence-corrected chi connectivity index (χ0v) is 11.4. The van der Waals surface area contributed by atoms with Gasteiger partial charge >= 0.3 is 0 Å². The molecule has 0 amide bonds. The number of Topliss-reactive ketones (excluding diaryl/α,β-unsaturated/α-hetero) is 1. The van der Waals surface area contributed by atoms with Gasteiger partial charge in [0, 0.05) is 0 Å². The minimum atomic E-state index is 0.0662. The minimum Gasteiger partial charge on any atom is -0.311 e. The number of carbonyl (C=O) groups excluding carboxylic acids is 1. The summed E-state index contributed by atoms with van der Waals surface area (Å²) in [6.45, 7) is 10.1. The smallest absolute Gasteiger partial charge is 0.146 e. The average Bonchev–Trinajstić information content (AvgIpc) is 2.26. The third kappa shape index (κ3) is 8.61. The van der Waals surface area contributed by atoms with E-state index in [4.69, 9.17) is 0 Å². The molecule has 1 N–H and O–H groups in total. The monoisotopic (exact) mass is 215 g/mol. The summed E-state index contributed by atoms with van der Waals surface area (Å²) in [5, 5.41) is 3.08. The normalized spacial score (nSPS) is 13.7. The van der Waals surface area contributed by atoms with E-state index in [-0.39, 0.29) is 11.8 Å². The predicted octanol–water partition coefficient (Wildman–Crippen LogP) is 3.41. The van der Waals surface area contributed by atoms with E-state index in [0.717, 1.165) is 6.42 Å². The van der Waals surface area contributed by atoms with E-state index in [1.54, 1.807) is 6.92 Å². The fraction of sp³-hybridized carbons (Fsp3) is 0.923. The Bertz CT molecular complexity index is 145. The van der Waals surface area contributed by atoms with Crippen molar-refractivity contribution in [1.82, 2.24) is 5.32 Å². The summed E-state index contributed by atoms with van der Waals surface area (Å²) in [5.41, 5.74) is 0.